The van der Waals surface area contributed by atoms with Crippen molar-refractivity contribution in [3.63, 3.8) is 0 Å². The molecule has 6 aromatic carbocycles. The number of nitriles is 2. The molecule has 0 fully saturated rings. The van der Waals surface area contributed by atoms with Gasteiger partial charge in [0.2, 0.25) is 0 Å². The molecular formula is C40H28N8O2S2. The van der Waals surface area contributed by atoms with Crippen LogP contribution in [0.5, 0.6) is 11.5 Å². The average molecular weight is 717 g/mol. The third kappa shape index (κ3) is 7.20. The van der Waals surface area contributed by atoms with Crippen molar-refractivity contribution in [3.8, 4) is 45.9 Å². The number of rotatable bonds is 8. The molecule has 2 N–H and O–H groups in total. The Morgan fingerprint density at radius 1 is 0.462 bits per heavy atom. The van der Waals surface area contributed by atoms with Crippen LogP contribution in [0, 0.1) is 22.7 Å². The van der Waals surface area contributed by atoms with Gasteiger partial charge >= 0.3 is 0 Å². The summed E-state index contributed by atoms with van der Waals surface area (Å²) in [6.07, 6.45) is 0. The fourth-order valence-electron chi connectivity index (χ4n) is 5.51. The largest absolute Gasteiger partial charge is 0.497 e. The van der Waals surface area contributed by atoms with Gasteiger partial charge in [0, 0.05) is 22.5 Å². The molecule has 0 atom stereocenters. The molecule has 0 unspecified atom stereocenters. The van der Waals surface area contributed by atoms with Crippen molar-refractivity contribution in [1.29, 1.82) is 10.5 Å². The fourth-order valence-corrected chi connectivity index (χ4v) is 6.66. The second-order valence-corrected chi connectivity index (χ2v) is 12.4. The molecule has 52 heavy (non-hydrogen) atoms. The van der Waals surface area contributed by atoms with Crippen LogP contribution in [0.4, 0.5) is 22.7 Å². The number of aromatic nitrogens is 4. The summed E-state index contributed by atoms with van der Waals surface area (Å²) < 4.78 is 28.3. The first-order valence-corrected chi connectivity index (χ1v) is 17.4. The van der Waals surface area contributed by atoms with Gasteiger partial charge in [-0.05, 0) is 108 Å². The van der Waals surface area contributed by atoms with Crippen molar-refractivity contribution in [2.75, 3.05) is 24.9 Å². The van der Waals surface area contributed by atoms with Gasteiger partial charge in [0.15, 0.2) is 0 Å². The minimum Gasteiger partial charge on any atom is -0.497 e. The van der Waals surface area contributed by atoms with E-state index in [2.05, 4.69) is 40.3 Å². The van der Waals surface area contributed by atoms with E-state index in [-0.39, 0.29) is 0 Å². The Bertz CT molecular complexity index is 2370. The molecule has 0 aliphatic carbocycles. The second kappa shape index (κ2) is 15.4. The summed E-state index contributed by atoms with van der Waals surface area (Å²) in [5.74, 6) is 1.64. The number of hydrogen-bond acceptors (Lipinski definition) is 12. The highest BCUT2D eigenvalue weighted by Gasteiger charge is 2.14. The normalized spacial score (nSPS) is 10.5. The molecule has 2 aromatic heterocycles. The highest BCUT2D eigenvalue weighted by atomic mass is 32.1. The molecule has 0 spiro atoms. The third-order valence-electron chi connectivity index (χ3n) is 8.22. The van der Waals surface area contributed by atoms with E-state index in [4.69, 9.17) is 20.0 Å². The van der Waals surface area contributed by atoms with Crippen LogP contribution >= 0.6 is 23.5 Å². The highest BCUT2D eigenvalue weighted by molar-refractivity contribution is 7.00. The van der Waals surface area contributed by atoms with Gasteiger partial charge in [0.05, 0.1) is 72.3 Å². The van der Waals surface area contributed by atoms with Crippen LogP contribution in [0.1, 0.15) is 11.1 Å². The van der Waals surface area contributed by atoms with Gasteiger partial charge in [-0.3, -0.25) is 0 Å². The monoisotopic (exact) mass is 716 g/mol. The third-order valence-corrected chi connectivity index (χ3v) is 9.28. The van der Waals surface area contributed by atoms with E-state index in [9.17, 15) is 0 Å². The van der Waals surface area contributed by atoms with Gasteiger partial charge in [-0.25, -0.2) is 0 Å². The average Bonchev–Trinajstić information content (AvgIpc) is 3.91. The fraction of sp³-hybridized carbons (Fsp3) is 0.0500. The maximum Gasteiger partial charge on any atom is 0.128 e. The van der Waals surface area contributed by atoms with Gasteiger partial charge in [0.25, 0.3) is 0 Å². The summed E-state index contributed by atoms with van der Waals surface area (Å²) >= 11 is 2.38. The standard InChI is InChI=1S/2C20H14N4OS/c2*1-25-16-8-4-14(5-9-16)17-10-11-18(20-19(17)23-26-24-20)22-15-6-2-13(12-21)3-7-15/h2*2-11,22H,1H3. The number of hydrogen-bond donors (Lipinski definition) is 2. The molecule has 0 amide bonds. The summed E-state index contributed by atoms with van der Waals surface area (Å²) in [5.41, 5.74) is 12.4. The Kier molecular flexibility index (Phi) is 9.93. The minimum atomic E-state index is 0.630. The summed E-state index contributed by atoms with van der Waals surface area (Å²) in [6, 6.07) is 42.8. The number of methoxy groups -OCH3 is 2. The molecule has 10 nitrogen and oxygen atoms in total. The smallest absolute Gasteiger partial charge is 0.128 e. The number of anilines is 4. The molecule has 252 valence electrons. The zero-order valence-corrected chi connectivity index (χ0v) is 29.5. The molecule has 0 aliphatic heterocycles. The number of ether oxygens (including phenoxy) is 2. The van der Waals surface area contributed by atoms with Crippen molar-refractivity contribution in [1.82, 2.24) is 17.5 Å². The molecular weight excluding hydrogens is 689 g/mol. The molecule has 0 aliphatic rings. The van der Waals surface area contributed by atoms with Gasteiger partial charge in [-0.2, -0.15) is 28.0 Å². The lowest BCUT2D eigenvalue weighted by Gasteiger charge is -2.10. The van der Waals surface area contributed by atoms with E-state index >= 15 is 0 Å². The molecule has 0 saturated carbocycles. The number of benzene rings is 6. The lowest BCUT2D eigenvalue weighted by atomic mass is 10.0. The molecule has 8 rings (SSSR count). The minimum absolute atomic E-state index is 0.630. The predicted octanol–water partition coefficient (Wildman–Crippen LogP) is 9.96. The Balaban J connectivity index is 0.000000162. The van der Waals surface area contributed by atoms with Gasteiger partial charge in [0.1, 0.15) is 33.6 Å². The lowest BCUT2D eigenvalue weighted by molar-refractivity contribution is 0.415. The zero-order valence-electron chi connectivity index (χ0n) is 27.9. The Morgan fingerprint density at radius 3 is 1.17 bits per heavy atom. The van der Waals surface area contributed by atoms with Crippen LogP contribution in [-0.2, 0) is 0 Å². The highest BCUT2D eigenvalue weighted by Crippen LogP contribution is 2.35. The lowest BCUT2D eigenvalue weighted by Crippen LogP contribution is -1.93. The SMILES string of the molecule is COc1ccc(-c2ccc(Nc3ccc(C#N)cc3)c3nsnc23)cc1.COc1ccc(-c2ccc(Nc3ccc(C#N)cc3)c3nsnc23)cc1. The summed E-state index contributed by atoms with van der Waals surface area (Å²) in [6.45, 7) is 0. The molecule has 2 heterocycles. The van der Waals surface area contributed by atoms with E-state index in [0.29, 0.717) is 11.1 Å². The topological polar surface area (TPSA) is 142 Å². The van der Waals surface area contributed by atoms with Gasteiger partial charge < -0.3 is 20.1 Å². The Labute approximate surface area is 307 Å². The van der Waals surface area contributed by atoms with Crippen LogP contribution in [0.2, 0.25) is 0 Å². The molecule has 0 saturated heterocycles. The first kappa shape index (κ1) is 33.6. The first-order valence-electron chi connectivity index (χ1n) is 15.9. The van der Waals surface area contributed by atoms with E-state index < -0.39 is 0 Å². The molecule has 0 bridgehead atoms. The van der Waals surface area contributed by atoms with Crippen molar-refractivity contribution in [2.45, 2.75) is 0 Å². The van der Waals surface area contributed by atoms with Crippen LogP contribution in [0.3, 0.4) is 0 Å². The van der Waals surface area contributed by atoms with Crippen LogP contribution in [0.25, 0.3) is 44.3 Å². The number of fused-ring (bicyclic) bond motifs is 2. The van der Waals surface area contributed by atoms with Crippen molar-refractivity contribution < 1.29 is 9.47 Å². The number of nitrogens with zero attached hydrogens (tertiary/aromatic N) is 6. The van der Waals surface area contributed by atoms with E-state index in [0.717, 1.165) is 78.6 Å². The summed E-state index contributed by atoms with van der Waals surface area (Å²) in [4.78, 5) is 0. The second-order valence-electron chi connectivity index (χ2n) is 11.3. The zero-order chi connectivity index (χ0) is 35.9. The maximum atomic E-state index is 8.91. The number of nitrogens with one attached hydrogen (secondary N) is 2. The summed E-state index contributed by atoms with van der Waals surface area (Å²) in [7, 11) is 3.31. The van der Waals surface area contributed by atoms with Crippen molar-refractivity contribution in [2.24, 2.45) is 0 Å². The van der Waals surface area contributed by atoms with Crippen LogP contribution in [0.15, 0.2) is 121 Å². The van der Waals surface area contributed by atoms with E-state index in [1.54, 1.807) is 38.5 Å². The van der Waals surface area contributed by atoms with E-state index in [1.165, 1.54) is 23.5 Å². The molecule has 0 radical (unpaired) electrons. The van der Waals surface area contributed by atoms with E-state index in [1.807, 2.05) is 97.1 Å². The van der Waals surface area contributed by atoms with Gasteiger partial charge in [-0.15, -0.1) is 0 Å². The van der Waals surface area contributed by atoms with Crippen LogP contribution < -0.4 is 20.1 Å². The Hall–Kier alpha value is -6.86. The Morgan fingerprint density at radius 2 is 0.827 bits per heavy atom. The maximum absolute atomic E-state index is 8.91. The predicted molar refractivity (Wildman–Crippen MR) is 208 cm³/mol. The molecule has 12 heteroatoms. The summed E-state index contributed by atoms with van der Waals surface area (Å²) in [5, 5.41) is 24.5. The molecule has 8 aromatic rings. The quantitative estimate of drug-likeness (QED) is 0.156. The van der Waals surface area contributed by atoms with Crippen molar-refractivity contribution >= 4 is 68.3 Å². The van der Waals surface area contributed by atoms with Crippen LogP contribution in [-0.4, -0.2) is 31.7 Å². The van der Waals surface area contributed by atoms with Gasteiger partial charge in [-0.1, -0.05) is 24.3 Å². The first-order chi connectivity index (χ1) is 25.6. The van der Waals surface area contributed by atoms with Crippen molar-refractivity contribution in [3.05, 3.63) is 132 Å².